The normalized spacial score (nSPS) is 16.8. The Morgan fingerprint density at radius 2 is 1.96 bits per heavy atom. The van der Waals surface area contributed by atoms with Crippen LogP contribution in [0.1, 0.15) is 26.7 Å². The van der Waals surface area contributed by atoms with Crippen molar-refractivity contribution in [1.82, 2.24) is 4.72 Å². The first-order chi connectivity index (χ1) is 10.7. The van der Waals surface area contributed by atoms with Gasteiger partial charge in [-0.05, 0) is 38.8 Å². The number of nitro benzene ring substituents is 1. The zero-order valence-corrected chi connectivity index (χ0v) is 13.9. The number of rotatable bonds is 5. The van der Waals surface area contributed by atoms with Gasteiger partial charge < -0.3 is 10.0 Å². The molecular weight excluding hydrogens is 322 g/mol. The highest BCUT2D eigenvalue weighted by molar-refractivity contribution is 7.89. The molecule has 0 aliphatic carbocycles. The summed E-state index contributed by atoms with van der Waals surface area (Å²) in [6.07, 6.45) is 0.679. The number of sulfonamides is 1. The number of benzene rings is 1. The molecule has 1 aromatic carbocycles. The molecule has 128 valence electrons. The molecule has 0 radical (unpaired) electrons. The molecule has 2 N–H and O–H groups in total. The molecule has 1 fully saturated rings. The van der Waals surface area contributed by atoms with Gasteiger partial charge in [-0.3, -0.25) is 10.1 Å². The molecule has 0 bridgehead atoms. The van der Waals surface area contributed by atoms with E-state index in [1.54, 1.807) is 18.7 Å². The van der Waals surface area contributed by atoms with Crippen molar-refractivity contribution in [3.63, 3.8) is 0 Å². The van der Waals surface area contributed by atoms with Gasteiger partial charge in [-0.1, -0.05) is 0 Å². The third kappa shape index (κ3) is 4.18. The van der Waals surface area contributed by atoms with Gasteiger partial charge in [0.25, 0.3) is 5.69 Å². The molecule has 1 aromatic rings. The highest BCUT2D eigenvalue weighted by Gasteiger charge is 2.27. The molecular formula is C14H21N3O5S. The Labute approximate surface area is 135 Å². The smallest absolute Gasteiger partial charge is 0.293 e. The van der Waals surface area contributed by atoms with Crippen LogP contribution in [0.4, 0.5) is 11.4 Å². The van der Waals surface area contributed by atoms with Crippen molar-refractivity contribution in [2.75, 3.05) is 18.0 Å². The zero-order valence-electron chi connectivity index (χ0n) is 13.1. The maximum atomic E-state index is 12.2. The van der Waals surface area contributed by atoms with E-state index in [1.165, 1.54) is 12.1 Å². The SMILES string of the molecule is CC(C)NS(=O)(=O)c1ccc(N2CCC(O)CC2)c([N+](=O)[O-])c1. The summed E-state index contributed by atoms with van der Waals surface area (Å²) >= 11 is 0. The Hall–Kier alpha value is -1.71. The Bertz CT molecular complexity index is 682. The van der Waals surface area contributed by atoms with Crippen LogP contribution in [0.15, 0.2) is 23.1 Å². The molecule has 0 unspecified atom stereocenters. The summed E-state index contributed by atoms with van der Waals surface area (Å²) in [4.78, 5) is 12.4. The molecule has 0 aromatic heterocycles. The summed E-state index contributed by atoms with van der Waals surface area (Å²) < 4.78 is 26.7. The summed E-state index contributed by atoms with van der Waals surface area (Å²) in [5.74, 6) is 0. The summed E-state index contributed by atoms with van der Waals surface area (Å²) in [5.41, 5.74) is 0.137. The standard InChI is InChI=1S/C14H21N3O5S/c1-10(2)15-23(21,22)12-3-4-13(14(9-12)17(19)20)16-7-5-11(18)6-8-16/h3-4,9-11,15,18H,5-8H2,1-2H3. The molecule has 0 atom stereocenters. The largest absolute Gasteiger partial charge is 0.393 e. The van der Waals surface area contributed by atoms with Gasteiger partial charge in [0.2, 0.25) is 10.0 Å². The molecule has 9 heteroatoms. The molecule has 0 spiro atoms. The first-order valence-corrected chi connectivity index (χ1v) is 8.93. The lowest BCUT2D eigenvalue weighted by Gasteiger charge is -2.31. The fraction of sp³-hybridized carbons (Fsp3) is 0.571. The van der Waals surface area contributed by atoms with Crippen LogP contribution in [-0.2, 0) is 10.0 Å². The van der Waals surface area contributed by atoms with Gasteiger partial charge in [0.15, 0.2) is 0 Å². The van der Waals surface area contributed by atoms with Crippen LogP contribution in [0.3, 0.4) is 0 Å². The maximum absolute atomic E-state index is 12.2. The quantitative estimate of drug-likeness (QED) is 0.614. The van der Waals surface area contributed by atoms with Crippen molar-refractivity contribution in [3.05, 3.63) is 28.3 Å². The summed E-state index contributed by atoms with van der Waals surface area (Å²) in [7, 11) is -3.78. The number of nitrogens with one attached hydrogen (secondary N) is 1. The molecule has 0 amide bonds. The fourth-order valence-electron chi connectivity index (χ4n) is 2.57. The average molecular weight is 343 g/mol. The van der Waals surface area contributed by atoms with Gasteiger partial charge in [-0.25, -0.2) is 13.1 Å². The highest BCUT2D eigenvalue weighted by atomic mass is 32.2. The van der Waals surface area contributed by atoms with Crippen molar-refractivity contribution < 1.29 is 18.4 Å². The predicted octanol–water partition coefficient (Wildman–Crippen LogP) is 1.24. The Kier molecular flexibility index (Phi) is 5.23. The summed E-state index contributed by atoms with van der Waals surface area (Å²) in [5, 5.41) is 20.9. The lowest BCUT2D eigenvalue weighted by Crippen LogP contribution is -2.36. The Morgan fingerprint density at radius 3 is 2.48 bits per heavy atom. The van der Waals surface area contributed by atoms with E-state index in [9.17, 15) is 23.6 Å². The average Bonchev–Trinajstić information content (AvgIpc) is 2.46. The number of nitro groups is 1. The number of hydrogen-bond acceptors (Lipinski definition) is 6. The second-order valence-electron chi connectivity index (χ2n) is 5.90. The van der Waals surface area contributed by atoms with Gasteiger partial charge in [0.1, 0.15) is 5.69 Å². The zero-order chi connectivity index (χ0) is 17.2. The fourth-order valence-corrected chi connectivity index (χ4v) is 3.84. The van der Waals surface area contributed by atoms with Crippen molar-refractivity contribution in [2.45, 2.75) is 43.7 Å². The highest BCUT2D eigenvalue weighted by Crippen LogP contribution is 2.32. The lowest BCUT2D eigenvalue weighted by atomic mass is 10.1. The number of anilines is 1. The first kappa shape index (κ1) is 17.6. The van der Waals surface area contributed by atoms with Crippen molar-refractivity contribution in [2.24, 2.45) is 0 Å². The second-order valence-corrected chi connectivity index (χ2v) is 7.62. The van der Waals surface area contributed by atoms with E-state index in [4.69, 9.17) is 0 Å². The van der Waals surface area contributed by atoms with Crippen molar-refractivity contribution >= 4 is 21.4 Å². The van der Waals surface area contributed by atoms with Gasteiger partial charge in [0.05, 0.1) is 15.9 Å². The van der Waals surface area contributed by atoms with Crippen molar-refractivity contribution in [3.8, 4) is 0 Å². The van der Waals surface area contributed by atoms with E-state index in [2.05, 4.69) is 4.72 Å². The molecule has 2 rings (SSSR count). The number of aliphatic hydroxyl groups excluding tert-OH is 1. The minimum atomic E-state index is -3.78. The van der Waals surface area contributed by atoms with E-state index in [1.807, 2.05) is 0 Å². The van der Waals surface area contributed by atoms with E-state index in [0.717, 1.165) is 6.07 Å². The number of hydrogen-bond donors (Lipinski definition) is 2. The monoisotopic (exact) mass is 343 g/mol. The molecule has 1 saturated heterocycles. The van der Waals surface area contributed by atoms with Crippen molar-refractivity contribution in [1.29, 1.82) is 0 Å². The van der Waals surface area contributed by atoms with Gasteiger partial charge in [-0.15, -0.1) is 0 Å². The summed E-state index contributed by atoms with van der Waals surface area (Å²) in [6, 6.07) is 3.62. The van der Waals surface area contributed by atoms with E-state index < -0.39 is 14.9 Å². The molecule has 0 saturated carbocycles. The minimum absolute atomic E-state index is 0.126. The second kappa shape index (κ2) is 6.81. The predicted molar refractivity (Wildman–Crippen MR) is 86.0 cm³/mol. The number of aliphatic hydroxyl groups is 1. The van der Waals surface area contributed by atoms with Crippen LogP contribution in [0.2, 0.25) is 0 Å². The molecule has 1 aliphatic heterocycles. The minimum Gasteiger partial charge on any atom is -0.393 e. The Morgan fingerprint density at radius 1 is 1.35 bits per heavy atom. The molecule has 8 nitrogen and oxygen atoms in total. The lowest BCUT2D eigenvalue weighted by molar-refractivity contribution is -0.384. The van der Waals surface area contributed by atoms with Crippen LogP contribution in [0, 0.1) is 10.1 Å². The van der Waals surface area contributed by atoms with Crippen LogP contribution < -0.4 is 9.62 Å². The van der Waals surface area contributed by atoms with E-state index in [-0.39, 0.29) is 22.7 Å². The number of piperidine rings is 1. The third-order valence-corrected chi connectivity index (χ3v) is 5.31. The van der Waals surface area contributed by atoms with Crippen LogP contribution in [-0.4, -0.2) is 43.7 Å². The van der Waals surface area contributed by atoms with Crippen LogP contribution in [0.25, 0.3) is 0 Å². The van der Waals surface area contributed by atoms with E-state index >= 15 is 0 Å². The van der Waals surface area contributed by atoms with Gasteiger partial charge >= 0.3 is 0 Å². The van der Waals surface area contributed by atoms with Gasteiger partial charge in [0, 0.05) is 25.2 Å². The topological polar surface area (TPSA) is 113 Å². The molecule has 1 aliphatic rings. The third-order valence-electron chi connectivity index (χ3n) is 3.65. The Balaban J connectivity index is 2.38. The van der Waals surface area contributed by atoms with Gasteiger partial charge in [-0.2, -0.15) is 0 Å². The van der Waals surface area contributed by atoms with E-state index in [0.29, 0.717) is 31.6 Å². The number of nitrogens with zero attached hydrogens (tertiary/aromatic N) is 2. The maximum Gasteiger partial charge on any atom is 0.293 e. The molecule has 23 heavy (non-hydrogen) atoms. The van der Waals surface area contributed by atoms with Crippen LogP contribution >= 0.6 is 0 Å². The van der Waals surface area contributed by atoms with Crippen LogP contribution in [0.5, 0.6) is 0 Å². The first-order valence-electron chi connectivity index (χ1n) is 7.44. The summed E-state index contributed by atoms with van der Waals surface area (Å²) in [6.45, 7) is 4.36. The molecule has 1 heterocycles.